The van der Waals surface area contributed by atoms with Gasteiger partial charge >= 0.3 is 0 Å². The number of pyridine rings is 1. The summed E-state index contributed by atoms with van der Waals surface area (Å²) >= 11 is 0. The van der Waals surface area contributed by atoms with Crippen molar-refractivity contribution >= 4 is 5.91 Å². The molecule has 3 aromatic rings. The number of hydrogen-bond acceptors (Lipinski definition) is 5. The summed E-state index contributed by atoms with van der Waals surface area (Å²) in [7, 11) is 1.74. The minimum atomic E-state index is -0.0234. The molecule has 166 valence electrons. The van der Waals surface area contributed by atoms with Gasteiger partial charge < -0.3 is 9.64 Å². The van der Waals surface area contributed by atoms with Gasteiger partial charge in [0.15, 0.2) is 0 Å². The number of nitrogens with zero attached hydrogens (tertiary/aromatic N) is 4. The molecule has 2 atom stereocenters. The molecule has 0 bridgehead atoms. The van der Waals surface area contributed by atoms with Gasteiger partial charge in [0.1, 0.15) is 5.82 Å². The van der Waals surface area contributed by atoms with Crippen LogP contribution in [-0.4, -0.2) is 39.0 Å². The third kappa shape index (κ3) is 5.37. The van der Waals surface area contributed by atoms with E-state index in [4.69, 9.17) is 9.72 Å². The van der Waals surface area contributed by atoms with Crippen molar-refractivity contribution < 1.29 is 9.53 Å². The maximum atomic E-state index is 13.7. The third-order valence-electron chi connectivity index (χ3n) is 6.16. The Kier molecular flexibility index (Phi) is 7.22. The van der Waals surface area contributed by atoms with Crippen LogP contribution in [0.4, 0.5) is 0 Å². The molecule has 0 radical (unpaired) electrons. The predicted molar refractivity (Wildman–Crippen MR) is 123 cm³/mol. The lowest BCUT2D eigenvalue weighted by Gasteiger charge is -2.32. The number of aromatic nitrogens is 3. The molecule has 0 aliphatic heterocycles. The van der Waals surface area contributed by atoms with E-state index in [0.29, 0.717) is 18.9 Å². The van der Waals surface area contributed by atoms with E-state index in [0.717, 1.165) is 48.1 Å². The predicted octanol–water partition coefficient (Wildman–Crippen LogP) is 4.58. The number of aryl methyl sites for hydroxylation is 1. The number of benzene rings is 1. The van der Waals surface area contributed by atoms with Crippen molar-refractivity contribution in [1.29, 1.82) is 0 Å². The summed E-state index contributed by atoms with van der Waals surface area (Å²) in [5.41, 5.74) is 3.89. The van der Waals surface area contributed by atoms with Gasteiger partial charge in [0, 0.05) is 43.7 Å². The molecule has 1 aromatic carbocycles. The molecule has 1 saturated carbocycles. The summed E-state index contributed by atoms with van der Waals surface area (Å²) in [4.78, 5) is 28.9. The Morgan fingerprint density at radius 3 is 2.62 bits per heavy atom. The minimum absolute atomic E-state index is 0.0234. The Hall–Kier alpha value is -3.12. The van der Waals surface area contributed by atoms with E-state index in [1.54, 1.807) is 19.5 Å². The zero-order valence-corrected chi connectivity index (χ0v) is 18.8. The second kappa shape index (κ2) is 10.5. The van der Waals surface area contributed by atoms with Gasteiger partial charge in [0.2, 0.25) is 5.91 Å². The number of carbonyl (C=O) groups is 1. The van der Waals surface area contributed by atoms with Crippen molar-refractivity contribution in [1.82, 2.24) is 19.9 Å². The van der Waals surface area contributed by atoms with Crippen molar-refractivity contribution in [2.45, 2.75) is 51.8 Å². The summed E-state index contributed by atoms with van der Waals surface area (Å²) in [6.45, 7) is 2.86. The molecule has 1 aliphatic carbocycles. The van der Waals surface area contributed by atoms with Crippen LogP contribution in [0.15, 0.2) is 61.1 Å². The van der Waals surface area contributed by atoms with Crippen molar-refractivity contribution in [3.8, 4) is 11.1 Å². The normalized spacial score (nSPS) is 18.3. The first-order chi connectivity index (χ1) is 15.6. The molecule has 0 saturated heterocycles. The Bertz CT molecular complexity index is 1030. The number of hydrogen-bond donors (Lipinski definition) is 0. The van der Waals surface area contributed by atoms with Crippen molar-refractivity contribution in [3.63, 3.8) is 0 Å². The van der Waals surface area contributed by atoms with Crippen LogP contribution in [0.2, 0.25) is 0 Å². The topological polar surface area (TPSA) is 68.2 Å². The largest absolute Gasteiger partial charge is 0.381 e. The standard InChI is InChI=1S/C26H30N4O2/c1-19-28-16-24(21-11-13-27-14-12-21)25(29-19)18-30(17-20-7-4-3-5-8-20)26(31)22-9-6-10-23(15-22)32-2/h3-5,7-8,11-14,16,22-23H,6,9-10,15,17-18H2,1-2H3/t22-,23+/m0/s1. The highest BCUT2D eigenvalue weighted by Gasteiger charge is 2.31. The van der Waals surface area contributed by atoms with E-state index >= 15 is 0 Å². The van der Waals surface area contributed by atoms with Gasteiger partial charge in [-0.2, -0.15) is 0 Å². The van der Waals surface area contributed by atoms with E-state index in [-0.39, 0.29) is 17.9 Å². The summed E-state index contributed by atoms with van der Waals surface area (Å²) in [5.74, 6) is 0.847. The average molecular weight is 431 g/mol. The molecule has 1 aliphatic rings. The Morgan fingerprint density at radius 2 is 1.88 bits per heavy atom. The number of carbonyl (C=O) groups excluding carboxylic acids is 1. The fraction of sp³-hybridized carbons (Fsp3) is 0.385. The van der Waals surface area contributed by atoms with Crippen LogP contribution >= 0.6 is 0 Å². The lowest BCUT2D eigenvalue weighted by molar-refractivity contribution is -0.139. The number of methoxy groups -OCH3 is 1. The van der Waals surface area contributed by atoms with E-state index in [1.807, 2.05) is 48.4 Å². The average Bonchev–Trinajstić information content (AvgIpc) is 2.84. The molecule has 6 heteroatoms. The van der Waals surface area contributed by atoms with Gasteiger partial charge in [-0.1, -0.05) is 36.8 Å². The zero-order valence-electron chi connectivity index (χ0n) is 18.8. The lowest BCUT2D eigenvalue weighted by Crippen LogP contribution is -2.39. The highest BCUT2D eigenvalue weighted by Crippen LogP contribution is 2.30. The van der Waals surface area contributed by atoms with Crippen molar-refractivity contribution in [2.24, 2.45) is 5.92 Å². The van der Waals surface area contributed by atoms with Gasteiger partial charge in [-0.15, -0.1) is 0 Å². The first-order valence-corrected chi connectivity index (χ1v) is 11.2. The fourth-order valence-corrected chi connectivity index (χ4v) is 4.45. The Morgan fingerprint density at radius 1 is 1.09 bits per heavy atom. The first-order valence-electron chi connectivity index (χ1n) is 11.2. The SMILES string of the molecule is CO[C@@H]1CCC[C@H](C(=O)N(Cc2ccccc2)Cc2nc(C)ncc2-c2ccncc2)C1. The second-order valence-electron chi connectivity index (χ2n) is 8.41. The first kappa shape index (κ1) is 22.1. The second-order valence-corrected chi connectivity index (χ2v) is 8.41. The van der Waals surface area contributed by atoms with Crippen molar-refractivity contribution in [3.05, 3.63) is 78.1 Å². The fourth-order valence-electron chi connectivity index (χ4n) is 4.45. The van der Waals surface area contributed by atoms with E-state index in [1.165, 1.54) is 0 Å². The highest BCUT2D eigenvalue weighted by molar-refractivity contribution is 5.79. The summed E-state index contributed by atoms with van der Waals surface area (Å²) in [5, 5.41) is 0. The van der Waals surface area contributed by atoms with E-state index < -0.39 is 0 Å². The molecule has 1 amide bonds. The maximum absolute atomic E-state index is 13.7. The molecular weight excluding hydrogens is 400 g/mol. The van der Waals surface area contributed by atoms with Gasteiger partial charge in [0.05, 0.1) is 18.3 Å². The minimum Gasteiger partial charge on any atom is -0.381 e. The Labute approximate surface area is 189 Å². The van der Waals surface area contributed by atoms with Crippen LogP contribution in [0.5, 0.6) is 0 Å². The highest BCUT2D eigenvalue weighted by atomic mass is 16.5. The lowest BCUT2D eigenvalue weighted by atomic mass is 9.86. The molecular formula is C26H30N4O2. The van der Waals surface area contributed by atoms with Gasteiger partial charge in [-0.05, 0) is 49.4 Å². The molecule has 0 N–H and O–H groups in total. The molecule has 6 nitrogen and oxygen atoms in total. The van der Waals surface area contributed by atoms with Crippen LogP contribution in [-0.2, 0) is 22.6 Å². The zero-order chi connectivity index (χ0) is 22.3. The van der Waals surface area contributed by atoms with Gasteiger partial charge in [-0.3, -0.25) is 9.78 Å². The van der Waals surface area contributed by atoms with Crippen LogP contribution in [0.25, 0.3) is 11.1 Å². The molecule has 0 spiro atoms. The number of rotatable bonds is 7. The van der Waals surface area contributed by atoms with Crippen LogP contribution in [0, 0.1) is 12.8 Å². The molecule has 1 fully saturated rings. The molecule has 4 rings (SSSR count). The van der Waals surface area contributed by atoms with Crippen LogP contribution < -0.4 is 0 Å². The van der Waals surface area contributed by atoms with Crippen molar-refractivity contribution in [2.75, 3.05) is 7.11 Å². The molecule has 32 heavy (non-hydrogen) atoms. The van der Waals surface area contributed by atoms with E-state index in [9.17, 15) is 4.79 Å². The number of amides is 1. The molecule has 0 unspecified atom stereocenters. The monoisotopic (exact) mass is 430 g/mol. The van der Waals surface area contributed by atoms with E-state index in [2.05, 4.69) is 22.1 Å². The Balaban J connectivity index is 1.65. The van der Waals surface area contributed by atoms with Gasteiger partial charge in [-0.25, -0.2) is 9.97 Å². The smallest absolute Gasteiger partial charge is 0.226 e. The quantitative estimate of drug-likeness (QED) is 0.549. The third-order valence-corrected chi connectivity index (χ3v) is 6.16. The number of ether oxygens (including phenoxy) is 1. The maximum Gasteiger partial charge on any atom is 0.226 e. The molecule has 2 heterocycles. The van der Waals surface area contributed by atoms with Crippen LogP contribution in [0.1, 0.15) is 42.8 Å². The van der Waals surface area contributed by atoms with Crippen LogP contribution in [0.3, 0.4) is 0 Å². The summed E-state index contributed by atoms with van der Waals surface area (Å²) in [6.07, 6.45) is 9.26. The molecule has 2 aromatic heterocycles. The van der Waals surface area contributed by atoms with Gasteiger partial charge in [0.25, 0.3) is 0 Å². The summed E-state index contributed by atoms with van der Waals surface area (Å²) in [6, 6.07) is 14.0. The summed E-state index contributed by atoms with van der Waals surface area (Å²) < 4.78 is 5.58.